The van der Waals surface area contributed by atoms with E-state index < -0.39 is 17.9 Å². The van der Waals surface area contributed by atoms with Crippen LogP contribution in [0.1, 0.15) is 44.6 Å². The smallest absolute Gasteiger partial charge is 0.340 e. The average Bonchev–Trinajstić information content (AvgIpc) is 2.94. The summed E-state index contributed by atoms with van der Waals surface area (Å²) in [6.07, 6.45) is -0.173. The summed E-state index contributed by atoms with van der Waals surface area (Å²) >= 11 is 0. The second-order valence-electron chi connectivity index (χ2n) is 5.82. The molecule has 2 aromatic rings. The zero-order valence-corrected chi connectivity index (χ0v) is 15.9. The summed E-state index contributed by atoms with van der Waals surface area (Å²) in [6, 6.07) is 9.51. The average molecular weight is 373 g/mol. The van der Waals surface area contributed by atoms with Gasteiger partial charge in [0.15, 0.2) is 0 Å². The molecular formula is C20H23NO6. The quantitative estimate of drug-likeness (QED) is 0.548. The van der Waals surface area contributed by atoms with Gasteiger partial charge in [-0.05, 0) is 19.4 Å². The second kappa shape index (κ2) is 9.02. The topological polar surface area (TPSA) is 83.8 Å². The van der Waals surface area contributed by atoms with Crippen molar-refractivity contribution in [1.29, 1.82) is 0 Å². The van der Waals surface area contributed by atoms with Crippen molar-refractivity contribution < 1.29 is 28.6 Å². The van der Waals surface area contributed by atoms with Crippen LogP contribution < -0.4 is 0 Å². The number of benzene rings is 1. The summed E-state index contributed by atoms with van der Waals surface area (Å²) in [4.78, 5) is 36.9. The Labute approximate surface area is 157 Å². The Balaban J connectivity index is 2.69. The summed E-state index contributed by atoms with van der Waals surface area (Å²) < 4.78 is 16.5. The third-order valence-electron chi connectivity index (χ3n) is 4.22. The third kappa shape index (κ3) is 4.36. The number of carbonyl (C=O) groups is 3. The van der Waals surface area contributed by atoms with Gasteiger partial charge in [0.2, 0.25) is 0 Å². The first-order chi connectivity index (χ1) is 12.9. The molecule has 2 rings (SSSR count). The first-order valence-corrected chi connectivity index (χ1v) is 8.52. The molecule has 144 valence electrons. The molecule has 0 atom stereocenters. The maximum absolute atomic E-state index is 12.5. The molecular weight excluding hydrogens is 350 g/mol. The summed E-state index contributed by atoms with van der Waals surface area (Å²) in [5.41, 5.74) is 1.98. The number of ether oxygens (including phenoxy) is 3. The van der Waals surface area contributed by atoms with Crippen molar-refractivity contribution in [2.75, 3.05) is 20.8 Å². The number of carbonyl (C=O) groups excluding carboxylic acids is 3. The molecule has 1 aromatic carbocycles. The largest absolute Gasteiger partial charge is 0.469 e. The predicted molar refractivity (Wildman–Crippen MR) is 97.7 cm³/mol. The first-order valence-electron chi connectivity index (χ1n) is 8.52. The molecule has 0 saturated heterocycles. The van der Waals surface area contributed by atoms with Crippen LogP contribution >= 0.6 is 0 Å². The van der Waals surface area contributed by atoms with Crippen LogP contribution in [0, 0.1) is 6.92 Å². The fourth-order valence-corrected chi connectivity index (χ4v) is 2.95. The highest BCUT2D eigenvalue weighted by atomic mass is 16.5. The normalized spacial score (nSPS) is 10.4. The molecule has 27 heavy (non-hydrogen) atoms. The van der Waals surface area contributed by atoms with Crippen molar-refractivity contribution in [2.45, 2.75) is 26.8 Å². The lowest BCUT2D eigenvalue weighted by Gasteiger charge is -2.12. The lowest BCUT2D eigenvalue weighted by Crippen LogP contribution is -2.16. The molecule has 0 bridgehead atoms. The van der Waals surface area contributed by atoms with Crippen molar-refractivity contribution in [2.24, 2.45) is 0 Å². The maximum Gasteiger partial charge on any atom is 0.340 e. The molecule has 1 heterocycles. The molecule has 0 saturated carbocycles. The van der Waals surface area contributed by atoms with Crippen LogP contribution in [-0.4, -0.2) is 43.3 Å². The van der Waals surface area contributed by atoms with Crippen molar-refractivity contribution in [3.8, 4) is 0 Å². The number of rotatable bonds is 7. The number of hydrogen-bond donors (Lipinski definition) is 0. The molecule has 0 unspecified atom stereocenters. The van der Waals surface area contributed by atoms with Gasteiger partial charge >= 0.3 is 17.9 Å². The van der Waals surface area contributed by atoms with E-state index in [1.54, 1.807) is 18.4 Å². The van der Waals surface area contributed by atoms with Crippen molar-refractivity contribution in [3.63, 3.8) is 0 Å². The van der Waals surface area contributed by atoms with Crippen LogP contribution in [0.2, 0.25) is 0 Å². The number of aromatic nitrogens is 1. The maximum atomic E-state index is 12.5. The fraction of sp³-hybridized carbons (Fsp3) is 0.350. The van der Waals surface area contributed by atoms with Gasteiger partial charge in [-0.25, -0.2) is 9.59 Å². The van der Waals surface area contributed by atoms with E-state index in [2.05, 4.69) is 0 Å². The Kier molecular flexibility index (Phi) is 6.76. The van der Waals surface area contributed by atoms with E-state index in [9.17, 15) is 14.4 Å². The highest BCUT2D eigenvalue weighted by Crippen LogP contribution is 2.27. The van der Waals surface area contributed by atoms with E-state index in [0.29, 0.717) is 17.9 Å². The molecule has 7 nitrogen and oxygen atoms in total. The number of nitrogens with zero attached hydrogens (tertiary/aromatic N) is 1. The van der Waals surface area contributed by atoms with Gasteiger partial charge in [0, 0.05) is 17.9 Å². The van der Waals surface area contributed by atoms with E-state index in [-0.39, 0.29) is 24.2 Å². The van der Waals surface area contributed by atoms with E-state index in [0.717, 1.165) is 5.56 Å². The van der Waals surface area contributed by atoms with Crippen molar-refractivity contribution in [1.82, 2.24) is 4.57 Å². The minimum atomic E-state index is -0.702. The van der Waals surface area contributed by atoms with Crippen LogP contribution in [0.4, 0.5) is 0 Å². The molecule has 0 aliphatic heterocycles. The summed E-state index contributed by atoms with van der Waals surface area (Å²) in [5.74, 6) is -1.86. The van der Waals surface area contributed by atoms with Gasteiger partial charge in [0.25, 0.3) is 0 Å². The van der Waals surface area contributed by atoms with Gasteiger partial charge in [-0.2, -0.15) is 0 Å². The Hall–Kier alpha value is -3.09. The standard InChI is InChI=1S/C20H23NO6/c1-5-27-20(24)17-13(2)21(12-14-9-7-6-8-10-14)15(11-16(22)25-3)18(17)19(23)26-4/h6-10H,5,11-12H2,1-4H3. The van der Waals surface area contributed by atoms with E-state index >= 15 is 0 Å². The second-order valence-corrected chi connectivity index (χ2v) is 5.82. The molecule has 0 fully saturated rings. The predicted octanol–water partition coefficient (Wildman–Crippen LogP) is 2.52. The SMILES string of the molecule is CCOC(=O)c1c(C(=O)OC)c(CC(=O)OC)n(Cc2ccccc2)c1C. The third-order valence-corrected chi connectivity index (χ3v) is 4.22. The minimum absolute atomic E-state index is 0.0368. The van der Waals surface area contributed by atoms with Gasteiger partial charge in [-0.3, -0.25) is 4.79 Å². The van der Waals surface area contributed by atoms with E-state index in [1.807, 2.05) is 30.3 Å². The van der Waals surface area contributed by atoms with Gasteiger partial charge in [-0.1, -0.05) is 30.3 Å². The van der Waals surface area contributed by atoms with Crippen molar-refractivity contribution >= 4 is 17.9 Å². The summed E-state index contributed by atoms with van der Waals surface area (Å²) in [6.45, 7) is 3.93. The Morgan fingerprint density at radius 3 is 2.19 bits per heavy atom. The lowest BCUT2D eigenvalue weighted by atomic mass is 10.1. The van der Waals surface area contributed by atoms with Crippen LogP contribution in [0.15, 0.2) is 30.3 Å². The van der Waals surface area contributed by atoms with Gasteiger partial charge < -0.3 is 18.8 Å². The molecule has 7 heteroatoms. The van der Waals surface area contributed by atoms with Gasteiger partial charge in [0.1, 0.15) is 0 Å². The number of methoxy groups -OCH3 is 2. The van der Waals surface area contributed by atoms with Gasteiger partial charge in [-0.15, -0.1) is 0 Å². The lowest BCUT2D eigenvalue weighted by molar-refractivity contribution is -0.139. The minimum Gasteiger partial charge on any atom is -0.469 e. The summed E-state index contributed by atoms with van der Waals surface area (Å²) in [5, 5.41) is 0. The first kappa shape index (κ1) is 20.2. The van der Waals surface area contributed by atoms with Crippen LogP contribution in [0.5, 0.6) is 0 Å². The zero-order valence-electron chi connectivity index (χ0n) is 15.9. The van der Waals surface area contributed by atoms with Crippen molar-refractivity contribution in [3.05, 3.63) is 58.4 Å². The van der Waals surface area contributed by atoms with Crippen LogP contribution in [-0.2, 0) is 32.0 Å². The molecule has 0 amide bonds. The molecule has 0 aliphatic carbocycles. The molecule has 0 radical (unpaired) electrons. The monoisotopic (exact) mass is 373 g/mol. The highest BCUT2D eigenvalue weighted by Gasteiger charge is 2.32. The fourth-order valence-electron chi connectivity index (χ4n) is 2.95. The molecule has 0 spiro atoms. The Morgan fingerprint density at radius 1 is 0.963 bits per heavy atom. The van der Waals surface area contributed by atoms with E-state index in [4.69, 9.17) is 14.2 Å². The van der Waals surface area contributed by atoms with Crippen LogP contribution in [0.25, 0.3) is 0 Å². The Bertz CT molecular complexity index is 838. The summed E-state index contributed by atoms with van der Waals surface area (Å²) in [7, 11) is 2.49. The number of hydrogen-bond acceptors (Lipinski definition) is 6. The van der Waals surface area contributed by atoms with Gasteiger partial charge in [0.05, 0.1) is 38.4 Å². The Morgan fingerprint density at radius 2 is 1.63 bits per heavy atom. The zero-order chi connectivity index (χ0) is 20.0. The highest BCUT2D eigenvalue weighted by molar-refractivity contribution is 6.05. The molecule has 0 N–H and O–H groups in total. The molecule has 0 aliphatic rings. The molecule has 1 aromatic heterocycles. The number of esters is 3. The van der Waals surface area contributed by atoms with E-state index in [1.165, 1.54) is 14.2 Å². The van der Waals surface area contributed by atoms with Crippen LogP contribution in [0.3, 0.4) is 0 Å².